The summed E-state index contributed by atoms with van der Waals surface area (Å²) in [4.78, 5) is 24.1. The lowest BCUT2D eigenvalue weighted by atomic mass is 10.1. The Hall–Kier alpha value is -3.23. The van der Waals surface area contributed by atoms with Crippen LogP contribution in [0, 0.1) is 0 Å². The van der Waals surface area contributed by atoms with Gasteiger partial charge in [-0.1, -0.05) is 18.2 Å². The summed E-state index contributed by atoms with van der Waals surface area (Å²) >= 11 is 0. The highest BCUT2D eigenvalue weighted by atomic mass is 19.4. The van der Waals surface area contributed by atoms with E-state index in [0.717, 1.165) is 12.1 Å². The molecule has 0 bridgehead atoms. The molecule has 6 nitrogen and oxygen atoms in total. The first-order valence-corrected chi connectivity index (χ1v) is 7.53. The van der Waals surface area contributed by atoms with Crippen LogP contribution < -0.4 is 20.1 Å². The van der Waals surface area contributed by atoms with Crippen molar-refractivity contribution < 1.29 is 32.2 Å². The Balaban J connectivity index is 1.63. The number of carbonyl (C=O) groups is 2. The van der Waals surface area contributed by atoms with Gasteiger partial charge in [-0.2, -0.15) is 0 Å². The smallest absolute Gasteiger partial charge is 0.423 e. The first-order valence-electron chi connectivity index (χ1n) is 7.53. The molecule has 2 N–H and O–H groups in total. The maximum Gasteiger partial charge on any atom is 0.573 e. The van der Waals surface area contributed by atoms with E-state index in [-0.39, 0.29) is 12.1 Å². The second-order valence-electron chi connectivity index (χ2n) is 5.44. The van der Waals surface area contributed by atoms with Crippen molar-refractivity contribution in [2.45, 2.75) is 18.8 Å². The number of benzene rings is 2. The zero-order valence-corrected chi connectivity index (χ0v) is 13.2. The van der Waals surface area contributed by atoms with E-state index in [1.165, 1.54) is 12.1 Å². The molecule has 1 aliphatic rings. The van der Waals surface area contributed by atoms with Crippen LogP contribution >= 0.6 is 0 Å². The fraction of sp³-hybridized carbons (Fsp3) is 0.176. The topological polar surface area (TPSA) is 76.7 Å². The van der Waals surface area contributed by atoms with Gasteiger partial charge in [0.2, 0.25) is 5.91 Å². The van der Waals surface area contributed by atoms with Crippen LogP contribution in [0.15, 0.2) is 48.5 Å². The van der Waals surface area contributed by atoms with Crippen molar-refractivity contribution in [1.82, 2.24) is 0 Å². The predicted octanol–water partition coefficient (Wildman–Crippen LogP) is 3.31. The number of anilines is 2. The van der Waals surface area contributed by atoms with Crippen molar-refractivity contribution >= 4 is 23.3 Å². The van der Waals surface area contributed by atoms with E-state index in [9.17, 15) is 22.8 Å². The van der Waals surface area contributed by atoms with Crippen LogP contribution in [0.3, 0.4) is 0 Å². The summed E-state index contributed by atoms with van der Waals surface area (Å²) in [5.41, 5.74) is 0.687. The zero-order valence-electron chi connectivity index (χ0n) is 13.2. The molecule has 26 heavy (non-hydrogen) atoms. The lowest BCUT2D eigenvalue weighted by molar-refractivity contribution is -0.274. The summed E-state index contributed by atoms with van der Waals surface area (Å²) in [5, 5.41) is 5.32. The number of para-hydroxylation sites is 2. The lowest BCUT2D eigenvalue weighted by Crippen LogP contribution is -2.39. The van der Waals surface area contributed by atoms with Crippen molar-refractivity contribution in [2.75, 3.05) is 10.6 Å². The number of amides is 1. The average molecular weight is 366 g/mol. The van der Waals surface area contributed by atoms with Gasteiger partial charge in [-0.25, -0.2) is 4.79 Å². The van der Waals surface area contributed by atoms with Crippen LogP contribution in [0.25, 0.3) is 0 Å². The second-order valence-corrected chi connectivity index (χ2v) is 5.44. The molecule has 136 valence electrons. The molecule has 1 heterocycles. The summed E-state index contributed by atoms with van der Waals surface area (Å²) < 4.78 is 45.7. The summed E-state index contributed by atoms with van der Waals surface area (Å²) in [6.45, 7) is 0. The Kier molecular flexibility index (Phi) is 4.70. The molecule has 1 atom stereocenters. The number of fused-ring (bicyclic) bond motifs is 1. The lowest BCUT2D eigenvalue weighted by Gasteiger charge is -2.25. The summed E-state index contributed by atoms with van der Waals surface area (Å²) in [6.07, 6.45) is -5.08. The van der Waals surface area contributed by atoms with Gasteiger partial charge in [-0.15, -0.1) is 13.2 Å². The molecule has 0 aromatic heterocycles. The van der Waals surface area contributed by atoms with Gasteiger partial charge >= 0.3 is 12.3 Å². The standard InChI is InChI=1S/C17H13F3N2O4/c18-17(19,20)26-11-5-3-4-10(8-11)21-15(23)9-13-16(24)25-14-7-2-1-6-12(14)22-13/h1-8,13,22H,9H2,(H,21,23)/t13-/m0/s1. The molecule has 0 radical (unpaired) electrons. The number of alkyl halides is 3. The van der Waals surface area contributed by atoms with Gasteiger partial charge in [0, 0.05) is 11.8 Å². The number of rotatable bonds is 4. The third-order valence-corrected chi connectivity index (χ3v) is 3.45. The number of hydrogen-bond donors (Lipinski definition) is 2. The molecule has 0 fully saturated rings. The summed E-state index contributed by atoms with van der Waals surface area (Å²) in [7, 11) is 0. The molecule has 1 aliphatic heterocycles. The highest BCUT2D eigenvalue weighted by Gasteiger charge is 2.31. The minimum absolute atomic E-state index is 0.112. The maximum absolute atomic E-state index is 12.2. The molecule has 2 aromatic rings. The fourth-order valence-electron chi connectivity index (χ4n) is 2.40. The molecule has 0 unspecified atom stereocenters. The number of nitrogens with one attached hydrogen (secondary N) is 2. The first-order chi connectivity index (χ1) is 12.3. The molecule has 0 aliphatic carbocycles. The zero-order chi connectivity index (χ0) is 18.7. The minimum Gasteiger partial charge on any atom is -0.423 e. The molecule has 0 saturated carbocycles. The van der Waals surface area contributed by atoms with Crippen molar-refractivity contribution in [3.05, 3.63) is 48.5 Å². The third-order valence-electron chi connectivity index (χ3n) is 3.45. The summed E-state index contributed by atoms with van der Waals surface area (Å²) in [5.74, 6) is -1.28. The first kappa shape index (κ1) is 17.6. The molecule has 0 spiro atoms. The SMILES string of the molecule is O=C(C[C@@H]1Nc2ccccc2OC1=O)Nc1cccc(OC(F)(F)F)c1. The number of ether oxygens (including phenoxy) is 2. The van der Waals surface area contributed by atoms with Gasteiger partial charge in [0.25, 0.3) is 0 Å². The van der Waals surface area contributed by atoms with Crippen LogP contribution in [0.4, 0.5) is 24.5 Å². The number of halogens is 3. The number of carbonyl (C=O) groups excluding carboxylic acids is 2. The van der Waals surface area contributed by atoms with Gasteiger partial charge < -0.3 is 20.1 Å². The molecule has 0 saturated heterocycles. The Labute approximate surface area is 145 Å². The van der Waals surface area contributed by atoms with E-state index >= 15 is 0 Å². The van der Waals surface area contributed by atoms with Crippen molar-refractivity contribution in [3.63, 3.8) is 0 Å². The Morgan fingerprint density at radius 3 is 2.73 bits per heavy atom. The van der Waals surface area contributed by atoms with Crippen LogP contribution in [0.2, 0.25) is 0 Å². The quantitative estimate of drug-likeness (QED) is 0.641. The van der Waals surface area contributed by atoms with Crippen molar-refractivity contribution in [2.24, 2.45) is 0 Å². The monoisotopic (exact) mass is 366 g/mol. The number of hydrogen-bond acceptors (Lipinski definition) is 5. The van der Waals surface area contributed by atoms with Gasteiger partial charge in [0.05, 0.1) is 12.1 Å². The van der Waals surface area contributed by atoms with Crippen LogP contribution in [-0.2, 0) is 9.59 Å². The molecular weight excluding hydrogens is 353 g/mol. The van der Waals surface area contributed by atoms with Gasteiger partial charge in [0.1, 0.15) is 11.8 Å². The third kappa shape index (κ3) is 4.44. The Morgan fingerprint density at radius 1 is 1.19 bits per heavy atom. The van der Waals surface area contributed by atoms with Gasteiger partial charge in [-0.05, 0) is 24.3 Å². The molecule has 3 rings (SSSR count). The van der Waals surface area contributed by atoms with E-state index in [4.69, 9.17) is 4.74 Å². The molecule has 2 aromatic carbocycles. The largest absolute Gasteiger partial charge is 0.573 e. The molecular formula is C17H13F3N2O4. The Morgan fingerprint density at radius 2 is 1.96 bits per heavy atom. The van der Waals surface area contributed by atoms with Crippen LogP contribution in [-0.4, -0.2) is 24.3 Å². The second kappa shape index (κ2) is 6.95. The minimum atomic E-state index is -4.83. The van der Waals surface area contributed by atoms with E-state index < -0.39 is 30.0 Å². The number of esters is 1. The van der Waals surface area contributed by atoms with Crippen molar-refractivity contribution in [1.29, 1.82) is 0 Å². The van der Waals surface area contributed by atoms with Crippen molar-refractivity contribution in [3.8, 4) is 11.5 Å². The van der Waals surface area contributed by atoms with E-state index in [1.54, 1.807) is 24.3 Å². The Bertz CT molecular complexity index is 839. The fourth-order valence-corrected chi connectivity index (χ4v) is 2.40. The summed E-state index contributed by atoms with van der Waals surface area (Å²) in [6, 6.07) is 10.7. The van der Waals surface area contributed by atoms with Crippen LogP contribution in [0.1, 0.15) is 6.42 Å². The highest BCUT2D eigenvalue weighted by molar-refractivity contribution is 5.97. The highest BCUT2D eigenvalue weighted by Crippen LogP contribution is 2.30. The average Bonchev–Trinajstić information content (AvgIpc) is 2.54. The normalized spacial score (nSPS) is 16.1. The van der Waals surface area contributed by atoms with Crippen LogP contribution in [0.5, 0.6) is 11.5 Å². The van der Waals surface area contributed by atoms with Gasteiger partial charge in [0.15, 0.2) is 5.75 Å². The molecule has 1 amide bonds. The van der Waals surface area contributed by atoms with Gasteiger partial charge in [-0.3, -0.25) is 4.79 Å². The predicted molar refractivity (Wildman–Crippen MR) is 85.9 cm³/mol. The van der Waals surface area contributed by atoms with E-state index in [0.29, 0.717) is 11.4 Å². The van der Waals surface area contributed by atoms with E-state index in [1.807, 2.05) is 0 Å². The maximum atomic E-state index is 12.2. The molecule has 9 heteroatoms. The van der Waals surface area contributed by atoms with E-state index in [2.05, 4.69) is 15.4 Å².